The maximum absolute atomic E-state index is 13.1. The predicted octanol–water partition coefficient (Wildman–Crippen LogP) is 0.766. The highest BCUT2D eigenvalue weighted by atomic mass is 16.5. The number of hydrogen-bond acceptors (Lipinski definition) is 4. The highest BCUT2D eigenvalue weighted by Gasteiger charge is 2.72. The van der Waals surface area contributed by atoms with Crippen LogP contribution in [0.3, 0.4) is 0 Å². The van der Waals surface area contributed by atoms with Crippen molar-refractivity contribution in [1.82, 2.24) is 4.90 Å². The van der Waals surface area contributed by atoms with Crippen molar-refractivity contribution in [2.24, 2.45) is 17.1 Å². The molecule has 2 saturated heterocycles. The first-order valence-corrected chi connectivity index (χ1v) is 7.74. The molecule has 0 bridgehead atoms. The number of rotatable bonds is 2. The standard InChI is InChI=1S/C15H26N2O3/c1-4-10-9-19-8-6-17(10)13(18)15(16)11-5-7-20-12(11)14(15,2)3/h10-12H,4-9,16H2,1-3H3. The third kappa shape index (κ3) is 1.63. The summed E-state index contributed by atoms with van der Waals surface area (Å²) in [6.07, 6.45) is 1.95. The van der Waals surface area contributed by atoms with Crippen LogP contribution in [0, 0.1) is 11.3 Å². The van der Waals surface area contributed by atoms with Gasteiger partial charge in [0.1, 0.15) is 5.54 Å². The van der Waals surface area contributed by atoms with E-state index in [0.29, 0.717) is 19.8 Å². The van der Waals surface area contributed by atoms with Gasteiger partial charge in [-0.25, -0.2) is 0 Å². The largest absolute Gasteiger partial charge is 0.377 e. The second-order valence-corrected chi connectivity index (χ2v) is 6.91. The Morgan fingerprint density at radius 2 is 2.15 bits per heavy atom. The molecule has 2 N–H and O–H groups in total. The Kier molecular flexibility index (Phi) is 3.35. The Morgan fingerprint density at radius 1 is 1.40 bits per heavy atom. The first-order chi connectivity index (χ1) is 9.44. The van der Waals surface area contributed by atoms with Crippen LogP contribution in [0.25, 0.3) is 0 Å². The third-order valence-corrected chi connectivity index (χ3v) is 5.77. The maximum atomic E-state index is 13.1. The van der Waals surface area contributed by atoms with Gasteiger partial charge < -0.3 is 20.1 Å². The smallest absolute Gasteiger partial charge is 0.244 e. The lowest BCUT2D eigenvalue weighted by molar-refractivity contribution is -0.190. The first kappa shape index (κ1) is 14.3. The molecule has 20 heavy (non-hydrogen) atoms. The Balaban J connectivity index is 1.85. The van der Waals surface area contributed by atoms with Crippen molar-refractivity contribution in [2.45, 2.75) is 51.3 Å². The van der Waals surface area contributed by atoms with Crippen LogP contribution in [0.15, 0.2) is 0 Å². The quantitative estimate of drug-likeness (QED) is 0.812. The van der Waals surface area contributed by atoms with E-state index in [1.54, 1.807) is 0 Å². The topological polar surface area (TPSA) is 64.8 Å². The lowest BCUT2D eigenvalue weighted by Crippen LogP contribution is -2.81. The van der Waals surface area contributed by atoms with Crippen molar-refractivity contribution >= 4 is 5.91 Å². The second-order valence-electron chi connectivity index (χ2n) is 6.91. The number of hydrogen-bond donors (Lipinski definition) is 1. The van der Waals surface area contributed by atoms with Gasteiger partial charge in [0.05, 0.1) is 25.4 Å². The minimum atomic E-state index is -0.779. The second kappa shape index (κ2) is 4.68. The minimum absolute atomic E-state index is 0.101. The van der Waals surface area contributed by atoms with Crippen molar-refractivity contribution in [3.63, 3.8) is 0 Å². The summed E-state index contributed by atoms with van der Waals surface area (Å²) in [4.78, 5) is 15.1. The van der Waals surface area contributed by atoms with Crippen LogP contribution in [0.1, 0.15) is 33.6 Å². The van der Waals surface area contributed by atoms with Gasteiger partial charge >= 0.3 is 0 Å². The molecule has 2 heterocycles. The van der Waals surface area contributed by atoms with Gasteiger partial charge in [0.25, 0.3) is 0 Å². The molecule has 3 rings (SSSR count). The van der Waals surface area contributed by atoms with E-state index in [0.717, 1.165) is 19.4 Å². The van der Waals surface area contributed by atoms with Crippen LogP contribution >= 0.6 is 0 Å². The summed E-state index contributed by atoms with van der Waals surface area (Å²) in [6, 6.07) is 0.161. The average Bonchev–Trinajstić information content (AvgIpc) is 2.94. The summed E-state index contributed by atoms with van der Waals surface area (Å²) in [5, 5.41) is 0. The highest BCUT2D eigenvalue weighted by molar-refractivity contribution is 5.90. The van der Waals surface area contributed by atoms with Crippen molar-refractivity contribution < 1.29 is 14.3 Å². The van der Waals surface area contributed by atoms with E-state index in [-0.39, 0.29) is 29.4 Å². The molecular formula is C15H26N2O3. The molecule has 114 valence electrons. The highest BCUT2D eigenvalue weighted by Crippen LogP contribution is 2.58. The van der Waals surface area contributed by atoms with Gasteiger partial charge in [-0.15, -0.1) is 0 Å². The number of carbonyl (C=O) groups is 1. The number of ether oxygens (including phenoxy) is 2. The molecule has 1 saturated carbocycles. The van der Waals surface area contributed by atoms with Gasteiger partial charge in [0.15, 0.2) is 0 Å². The number of carbonyl (C=O) groups excluding carboxylic acids is 1. The number of fused-ring (bicyclic) bond motifs is 1. The van der Waals surface area contributed by atoms with E-state index < -0.39 is 5.54 Å². The van der Waals surface area contributed by atoms with Crippen molar-refractivity contribution in [1.29, 1.82) is 0 Å². The van der Waals surface area contributed by atoms with E-state index in [1.165, 1.54) is 0 Å². The van der Waals surface area contributed by atoms with Crippen LogP contribution in [-0.2, 0) is 14.3 Å². The maximum Gasteiger partial charge on any atom is 0.244 e. The number of amides is 1. The molecular weight excluding hydrogens is 256 g/mol. The molecule has 1 aliphatic carbocycles. The predicted molar refractivity (Wildman–Crippen MR) is 75.2 cm³/mol. The molecule has 3 fully saturated rings. The molecule has 0 aromatic carbocycles. The molecule has 0 radical (unpaired) electrons. The van der Waals surface area contributed by atoms with Crippen LogP contribution in [0.5, 0.6) is 0 Å². The summed E-state index contributed by atoms with van der Waals surface area (Å²) in [7, 11) is 0. The van der Waals surface area contributed by atoms with Gasteiger partial charge in [-0.05, 0) is 12.8 Å². The number of morpholine rings is 1. The van der Waals surface area contributed by atoms with Crippen LogP contribution in [-0.4, -0.2) is 54.9 Å². The number of nitrogens with two attached hydrogens (primary N) is 1. The fourth-order valence-corrected chi connectivity index (χ4v) is 4.32. The molecule has 1 amide bonds. The molecule has 0 aromatic heterocycles. The molecule has 4 atom stereocenters. The van der Waals surface area contributed by atoms with Crippen LogP contribution in [0.4, 0.5) is 0 Å². The fraction of sp³-hybridized carbons (Fsp3) is 0.933. The number of nitrogens with zero attached hydrogens (tertiary/aromatic N) is 1. The summed E-state index contributed by atoms with van der Waals surface area (Å²) in [6.45, 7) is 8.86. The molecule has 5 nitrogen and oxygen atoms in total. The Bertz CT molecular complexity index is 412. The van der Waals surface area contributed by atoms with E-state index in [1.807, 2.05) is 4.90 Å². The van der Waals surface area contributed by atoms with E-state index in [2.05, 4.69) is 20.8 Å². The van der Waals surface area contributed by atoms with Crippen molar-refractivity contribution in [3.8, 4) is 0 Å². The van der Waals surface area contributed by atoms with E-state index >= 15 is 0 Å². The molecule has 2 aliphatic heterocycles. The van der Waals surface area contributed by atoms with Crippen LogP contribution in [0.2, 0.25) is 0 Å². The summed E-state index contributed by atoms with van der Waals surface area (Å²) in [5.41, 5.74) is 5.58. The molecule has 5 heteroatoms. The van der Waals surface area contributed by atoms with Gasteiger partial charge in [0, 0.05) is 24.5 Å². The van der Waals surface area contributed by atoms with Gasteiger partial charge in [-0.3, -0.25) is 4.79 Å². The molecule has 3 aliphatic rings. The molecule has 4 unspecified atom stereocenters. The summed E-state index contributed by atoms with van der Waals surface area (Å²) < 4.78 is 11.3. The minimum Gasteiger partial charge on any atom is -0.377 e. The Morgan fingerprint density at radius 3 is 2.85 bits per heavy atom. The summed E-state index contributed by atoms with van der Waals surface area (Å²) >= 11 is 0. The Hall–Kier alpha value is -0.650. The monoisotopic (exact) mass is 282 g/mol. The SMILES string of the molecule is CCC1COCCN1C(=O)C1(N)C2CCOC2C1(C)C. The zero-order valence-electron chi connectivity index (χ0n) is 12.7. The average molecular weight is 282 g/mol. The third-order valence-electron chi connectivity index (χ3n) is 5.77. The Labute approximate surface area is 120 Å². The zero-order valence-corrected chi connectivity index (χ0v) is 12.7. The van der Waals surface area contributed by atoms with Gasteiger partial charge in [-0.1, -0.05) is 20.8 Å². The lowest BCUT2D eigenvalue weighted by atomic mass is 9.47. The van der Waals surface area contributed by atoms with Crippen LogP contribution < -0.4 is 5.73 Å². The van der Waals surface area contributed by atoms with Crippen molar-refractivity contribution in [3.05, 3.63) is 0 Å². The lowest BCUT2D eigenvalue weighted by Gasteiger charge is -2.62. The summed E-state index contributed by atoms with van der Waals surface area (Å²) in [5.74, 6) is 0.273. The van der Waals surface area contributed by atoms with Gasteiger partial charge in [0.2, 0.25) is 5.91 Å². The first-order valence-electron chi connectivity index (χ1n) is 7.74. The van der Waals surface area contributed by atoms with Gasteiger partial charge in [-0.2, -0.15) is 0 Å². The fourth-order valence-electron chi connectivity index (χ4n) is 4.32. The van der Waals surface area contributed by atoms with E-state index in [4.69, 9.17) is 15.2 Å². The molecule has 0 spiro atoms. The van der Waals surface area contributed by atoms with E-state index in [9.17, 15) is 4.79 Å². The molecule has 0 aromatic rings. The normalized spacial score (nSPS) is 43.0. The van der Waals surface area contributed by atoms with Crippen molar-refractivity contribution in [2.75, 3.05) is 26.4 Å². The zero-order chi connectivity index (χ0) is 14.5.